The summed E-state index contributed by atoms with van der Waals surface area (Å²) >= 11 is 11.7. The molecule has 82 valence electrons. The summed E-state index contributed by atoms with van der Waals surface area (Å²) in [5.41, 5.74) is 0.423. The van der Waals surface area contributed by atoms with Crippen molar-refractivity contribution in [3.05, 3.63) is 29.0 Å². The fourth-order valence-corrected chi connectivity index (χ4v) is 1.28. The van der Waals surface area contributed by atoms with Gasteiger partial charge in [0.25, 0.3) is 5.91 Å². The fourth-order valence-electron chi connectivity index (χ4n) is 1.00. The molecule has 5 heteroatoms. The van der Waals surface area contributed by atoms with Gasteiger partial charge in [0.2, 0.25) is 0 Å². The number of rotatable bonds is 4. The molecule has 0 aliphatic rings. The number of hydrogen-bond acceptors (Lipinski definition) is 2. The predicted molar refractivity (Wildman–Crippen MR) is 61.5 cm³/mol. The molecule has 0 radical (unpaired) electrons. The minimum absolute atomic E-state index is 0.0467. The maximum atomic E-state index is 11.6. The molecule has 0 aliphatic carbocycles. The van der Waals surface area contributed by atoms with Crippen molar-refractivity contribution in [1.29, 1.82) is 0 Å². The van der Waals surface area contributed by atoms with Gasteiger partial charge in [0.05, 0.1) is 16.0 Å². The van der Waals surface area contributed by atoms with Crippen LogP contribution in [0.25, 0.3) is 0 Å². The maximum absolute atomic E-state index is 11.6. The molecule has 0 saturated heterocycles. The van der Waals surface area contributed by atoms with Gasteiger partial charge in [-0.1, -0.05) is 18.5 Å². The number of nitrogens with one attached hydrogen (secondary N) is 1. The Hall–Kier alpha value is -0.800. The Morgan fingerprint density at radius 3 is 3.00 bits per heavy atom. The zero-order chi connectivity index (χ0) is 11.3. The lowest BCUT2D eigenvalue weighted by molar-refractivity contribution is 0.0953. The maximum Gasteiger partial charge on any atom is 0.252 e. The lowest BCUT2D eigenvalue weighted by atomic mass is 10.2. The van der Waals surface area contributed by atoms with E-state index in [1.807, 2.05) is 6.92 Å². The van der Waals surface area contributed by atoms with Crippen LogP contribution >= 0.6 is 23.2 Å². The van der Waals surface area contributed by atoms with Gasteiger partial charge >= 0.3 is 0 Å². The molecule has 1 atom stereocenters. The predicted octanol–water partition coefficient (Wildman–Crippen LogP) is 2.48. The van der Waals surface area contributed by atoms with Crippen LogP contribution in [0, 0.1) is 0 Å². The molecule has 1 N–H and O–H groups in total. The minimum Gasteiger partial charge on any atom is -0.351 e. The third-order valence-electron chi connectivity index (χ3n) is 1.94. The number of carbonyl (C=O) groups excluding carboxylic acids is 1. The van der Waals surface area contributed by atoms with E-state index in [0.29, 0.717) is 17.1 Å². The molecule has 1 unspecified atom stereocenters. The lowest BCUT2D eigenvalue weighted by Crippen LogP contribution is -2.29. The third kappa shape index (κ3) is 3.68. The molecule has 1 aromatic heterocycles. The Balaban J connectivity index is 2.58. The van der Waals surface area contributed by atoms with Gasteiger partial charge in [0.15, 0.2) is 0 Å². The second-order valence-corrected chi connectivity index (χ2v) is 4.10. The standard InChI is InChI=1S/C10H12Cl2N2O/c1-2-7(11)5-14-10(15)8-3-4-13-6-9(8)12/h3-4,6-7H,2,5H2,1H3,(H,14,15). The molecule has 0 aliphatic heterocycles. The minimum atomic E-state index is -0.221. The quantitative estimate of drug-likeness (QED) is 0.830. The summed E-state index contributed by atoms with van der Waals surface area (Å²) in [6, 6.07) is 1.58. The average molecular weight is 247 g/mol. The number of halogens is 2. The van der Waals surface area contributed by atoms with Crippen LogP contribution in [0.5, 0.6) is 0 Å². The molecule has 0 saturated carbocycles. The van der Waals surface area contributed by atoms with E-state index in [1.165, 1.54) is 12.4 Å². The molecule has 0 bridgehead atoms. The SMILES string of the molecule is CCC(Cl)CNC(=O)c1ccncc1Cl. The normalized spacial score (nSPS) is 12.2. The molecule has 1 aromatic rings. The van der Waals surface area contributed by atoms with E-state index < -0.39 is 0 Å². The number of nitrogens with zero attached hydrogens (tertiary/aromatic N) is 1. The Morgan fingerprint density at radius 2 is 2.40 bits per heavy atom. The summed E-state index contributed by atoms with van der Waals surface area (Å²) < 4.78 is 0. The highest BCUT2D eigenvalue weighted by molar-refractivity contribution is 6.33. The summed E-state index contributed by atoms with van der Waals surface area (Å²) in [6.07, 6.45) is 3.78. The van der Waals surface area contributed by atoms with Gasteiger partial charge in [0, 0.05) is 18.9 Å². The summed E-state index contributed by atoms with van der Waals surface area (Å²) in [4.78, 5) is 15.4. The molecule has 3 nitrogen and oxygen atoms in total. The summed E-state index contributed by atoms with van der Waals surface area (Å²) in [7, 11) is 0. The van der Waals surface area contributed by atoms with E-state index in [9.17, 15) is 4.79 Å². The Labute approximate surface area is 98.8 Å². The zero-order valence-corrected chi connectivity index (χ0v) is 9.85. The highest BCUT2D eigenvalue weighted by Crippen LogP contribution is 2.13. The molecular weight excluding hydrogens is 235 g/mol. The first-order valence-electron chi connectivity index (χ1n) is 4.67. The number of aromatic nitrogens is 1. The van der Waals surface area contributed by atoms with Gasteiger partial charge in [-0.2, -0.15) is 0 Å². The molecular formula is C10H12Cl2N2O. The van der Waals surface area contributed by atoms with Crippen LogP contribution in [0.1, 0.15) is 23.7 Å². The van der Waals surface area contributed by atoms with Crippen molar-refractivity contribution in [2.75, 3.05) is 6.54 Å². The second-order valence-electron chi connectivity index (χ2n) is 3.07. The van der Waals surface area contributed by atoms with E-state index in [4.69, 9.17) is 23.2 Å². The van der Waals surface area contributed by atoms with E-state index in [-0.39, 0.29) is 11.3 Å². The lowest BCUT2D eigenvalue weighted by Gasteiger charge is -2.09. The summed E-state index contributed by atoms with van der Waals surface area (Å²) in [6.45, 7) is 2.40. The van der Waals surface area contributed by atoms with Crippen molar-refractivity contribution in [1.82, 2.24) is 10.3 Å². The van der Waals surface area contributed by atoms with Crippen LogP contribution in [0.15, 0.2) is 18.5 Å². The highest BCUT2D eigenvalue weighted by Gasteiger charge is 2.10. The molecule has 0 spiro atoms. The number of hydrogen-bond donors (Lipinski definition) is 1. The second kappa shape index (κ2) is 5.93. The number of pyridine rings is 1. The average Bonchev–Trinajstić information content (AvgIpc) is 2.26. The van der Waals surface area contributed by atoms with Gasteiger partial charge in [0.1, 0.15) is 0 Å². The summed E-state index contributed by atoms with van der Waals surface area (Å²) in [5.74, 6) is -0.221. The van der Waals surface area contributed by atoms with Crippen LogP contribution in [-0.2, 0) is 0 Å². The number of carbonyl (C=O) groups is 1. The van der Waals surface area contributed by atoms with Crippen molar-refractivity contribution < 1.29 is 4.79 Å². The van der Waals surface area contributed by atoms with Gasteiger partial charge in [-0.15, -0.1) is 11.6 Å². The molecule has 15 heavy (non-hydrogen) atoms. The molecule has 1 rings (SSSR count). The van der Waals surface area contributed by atoms with Crippen LogP contribution in [-0.4, -0.2) is 22.8 Å². The van der Waals surface area contributed by atoms with Gasteiger partial charge in [-0.3, -0.25) is 9.78 Å². The van der Waals surface area contributed by atoms with Crippen molar-refractivity contribution in [3.8, 4) is 0 Å². The van der Waals surface area contributed by atoms with Crippen LogP contribution in [0.2, 0.25) is 5.02 Å². The van der Waals surface area contributed by atoms with Gasteiger partial charge in [-0.05, 0) is 12.5 Å². The van der Waals surface area contributed by atoms with Crippen LogP contribution in [0.3, 0.4) is 0 Å². The fraction of sp³-hybridized carbons (Fsp3) is 0.400. The van der Waals surface area contributed by atoms with Gasteiger partial charge < -0.3 is 5.32 Å². The molecule has 0 fully saturated rings. The van der Waals surface area contributed by atoms with E-state index >= 15 is 0 Å². The number of amides is 1. The first kappa shape index (κ1) is 12.3. The van der Waals surface area contributed by atoms with Crippen LogP contribution < -0.4 is 5.32 Å². The Bertz CT molecular complexity index is 344. The van der Waals surface area contributed by atoms with Crippen molar-refractivity contribution in [2.45, 2.75) is 18.7 Å². The Kier molecular flexibility index (Phi) is 4.85. The third-order valence-corrected chi connectivity index (χ3v) is 2.71. The number of alkyl halides is 1. The highest BCUT2D eigenvalue weighted by atomic mass is 35.5. The largest absolute Gasteiger partial charge is 0.351 e. The van der Waals surface area contributed by atoms with Crippen molar-refractivity contribution in [2.24, 2.45) is 0 Å². The smallest absolute Gasteiger partial charge is 0.252 e. The van der Waals surface area contributed by atoms with Crippen molar-refractivity contribution in [3.63, 3.8) is 0 Å². The van der Waals surface area contributed by atoms with Gasteiger partial charge in [-0.25, -0.2) is 0 Å². The monoisotopic (exact) mass is 246 g/mol. The summed E-state index contributed by atoms with van der Waals surface area (Å²) in [5, 5.41) is 3.01. The Morgan fingerprint density at radius 1 is 1.67 bits per heavy atom. The first-order chi connectivity index (χ1) is 7.15. The van der Waals surface area contributed by atoms with Crippen LogP contribution in [0.4, 0.5) is 0 Å². The topological polar surface area (TPSA) is 42.0 Å². The molecule has 0 aromatic carbocycles. The van der Waals surface area contributed by atoms with E-state index in [0.717, 1.165) is 6.42 Å². The van der Waals surface area contributed by atoms with E-state index in [2.05, 4.69) is 10.3 Å². The van der Waals surface area contributed by atoms with Crippen molar-refractivity contribution >= 4 is 29.1 Å². The molecule has 1 amide bonds. The zero-order valence-electron chi connectivity index (χ0n) is 8.34. The molecule has 1 heterocycles. The van der Waals surface area contributed by atoms with E-state index in [1.54, 1.807) is 6.07 Å². The first-order valence-corrected chi connectivity index (χ1v) is 5.48.